The summed E-state index contributed by atoms with van der Waals surface area (Å²) < 4.78 is 32.1. The first-order chi connectivity index (χ1) is 12.3. The van der Waals surface area contributed by atoms with Crippen LogP contribution in [-0.4, -0.2) is 49.0 Å². The molecule has 2 aromatic rings. The Morgan fingerprint density at radius 2 is 1.81 bits per heavy atom. The zero-order chi connectivity index (χ0) is 18.9. The van der Waals surface area contributed by atoms with Crippen LogP contribution >= 0.6 is 23.2 Å². The molecule has 0 amide bonds. The summed E-state index contributed by atoms with van der Waals surface area (Å²) in [7, 11) is -3.39. The zero-order valence-corrected chi connectivity index (χ0v) is 17.0. The SMILES string of the molecule is Cc1noc(C)c1CN1CCN(S(=O)(=O)Cc2ccc(Cl)c(Cl)c2)CC1. The molecule has 26 heavy (non-hydrogen) atoms. The van der Waals surface area contributed by atoms with E-state index in [1.807, 2.05) is 13.8 Å². The maximum Gasteiger partial charge on any atom is 0.218 e. The maximum absolute atomic E-state index is 12.7. The molecular formula is C17H21Cl2N3O3S. The zero-order valence-electron chi connectivity index (χ0n) is 14.7. The highest BCUT2D eigenvalue weighted by Gasteiger charge is 2.28. The van der Waals surface area contributed by atoms with Crippen molar-refractivity contribution in [3.05, 3.63) is 50.8 Å². The van der Waals surface area contributed by atoms with E-state index in [4.69, 9.17) is 27.7 Å². The normalized spacial score (nSPS) is 16.9. The summed E-state index contributed by atoms with van der Waals surface area (Å²) in [5.74, 6) is 0.741. The lowest BCUT2D eigenvalue weighted by molar-refractivity contribution is 0.180. The summed E-state index contributed by atoms with van der Waals surface area (Å²) in [5, 5.41) is 4.75. The van der Waals surface area contributed by atoms with E-state index in [1.165, 1.54) is 0 Å². The third kappa shape index (κ3) is 4.40. The smallest absolute Gasteiger partial charge is 0.218 e. The van der Waals surface area contributed by atoms with Crippen LogP contribution < -0.4 is 0 Å². The van der Waals surface area contributed by atoms with Gasteiger partial charge in [-0.05, 0) is 31.5 Å². The number of aryl methyl sites for hydroxylation is 2. The Morgan fingerprint density at radius 1 is 1.12 bits per heavy atom. The monoisotopic (exact) mass is 417 g/mol. The van der Waals surface area contributed by atoms with E-state index in [1.54, 1.807) is 22.5 Å². The molecule has 1 fully saturated rings. The molecule has 1 aromatic carbocycles. The molecule has 1 aliphatic rings. The lowest BCUT2D eigenvalue weighted by atomic mass is 10.2. The summed E-state index contributed by atoms with van der Waals surface area (Å²) in [4.78, 5) is 2.22. The molecule has 0 atom stereocenters. The highest BCUT2D eigenvalue weighted by Crippen LogP contribution is 2.24. The van der Waals surface area contributed by atoms with E-state index < -0.39 is 10.0 Å². The Bertz CT molecular complexity index is 871. The van der Waals surface area contributed by atoms with Gasteiger partial charge in [0.15, 0.2) is 0 Å². The van der Waals surface area contributed by atoms with Gasteiger partial charge in [-0.25, -0.2) is 8.42 Å². The van der Waals surface area contributed by atoms with E-state index in [9.17, 15) is 8.42 Å². The Hall–Kier alpha value is -1.12. The van der Waals surface area contributed by atoms with E-state index in [-0.39, 0.29) is 5.75 Å². The van der Waals surface area contributed by atoms with Gasteiger partial charge in [0, 0.05) is 38.3 Å². The topological polar surface area (TPSA) is 66.7 Å². The van der Waals surface area contributed by atoms with Gasteiger partial charge in [0.2, 0.25) is 10.0 Å². The molecule has 0 radical (unpaired) electrons. The fraction of sp³-hybridized carbons (Fsp3) is 0.471. The van der Waals surface area contributed by atoms with Crippen molar-refractivity contribution < 1.29 is 12.9 Å². The highest BCUT2D eigenvalue weighted by atomic mass is 35.5. The van der Waals surface area contributed by atoms with Crippen molar-refractivity contribution in [2.24, 2.45) is 0 Å². The molecule has 1 aliphatic heterocycles. The van der Waals surface area contributed by atoms with Crippen LogP contribution in [0.2, 0.25) is 10.0 Å². The van der Waals surface area contributed by atoms with Gasteiger partial charge in [0.05, 0.1) is 21.5 Å². The molecule has 0 N–H and O–H groups in total. The van der Waals surface area contributed by atoms with Crippen molar-refractivity contribution in [2.75, 3.05) is 26.2 Å². The number of sulfonamides is 1. The number of benzene rings is 1. The molecular weight excluding hydrogens is 397 g/mol. The third-order valence-electron chi connectivity index (χ3n) is 4.62. The van der Waals surface area contributed by atoms with Gasteiger partial charge in [-0.1, -0.05) is 34.4 Å². The Kier molecular flexibility index (Phi) is 5.94. The van der Waals surface area contributed by atoms with E-state index in [2.05, 4.69) is 10.1 Å². The van der Waals surface area contributed by atoms with Gasteiger partial charge in [-0.2, -0.15) is 4.31 Å². The first-order valence-electron chi connectivity index (χ1n) is 8.32. The fourth-order valence-corrected chi connectivity index (χ4v) is 4.87. The van der Waals surface area contributed by atoms with Crippen molar-refractivity contribution in [3.63, 3.8) is 0 Å². The molecule has 9 heteroatoms. The summed E-state index contributed by atoms with van der Waals surface area (Å²) in [6, 6.07) is 4.92. The van der Waals surface area contributed by atoms with Crippen molar-refractivity contribution >= 4 is 33.2 Å². The van der Waals surface area contributed by atoms with Crippen molar-refractivity contribution in [3.8, 4) is 0 Å². The van der Waals surface area contributed by atoms with Crippen molar-refractivity contribution in [1.82, 2.24) is 14.4 Å². The van der Waals surface area contributed by atoms with Crippen LogP contribution in [0, 0.1) is 13.8 Å². The van der Waals surface area contributed by atoms with Crippen molar-refractivity contribution in [1.29, 1.82) is 0 Å². The molecule has 142 valence electrons. The largest absolute Gasteiger partial charge is 0.361 e. The maximum atomic E-state index is 12.7. The molecule has 0 aliphatic carbocycles. The van der Waals surface area contributed by atoms with Gasteiger partial charge < -0.3 is 4.52 Å². The number of hydrogen-bond donors (Lipinski definition) is 0. The second-order valence-electron chi connectivity index (χ2n) is 6.48. The predicted octanol–water partition coefficient (Wildman–Crippen LogP) is 3.25. The average Bonchev–Trinajstić information content (AvgIpc) is 2.90. The molecule has 0 unspecified atom stereocenters. The Morgan fingerprint density at radius 3 is 2.38 bits per heavy atom. The summed E-state index contributed by atoms with van der Waals surface area (Å²) in [5.41, 5.74) is 2.60. The molecule has 1 saturated heterocycles. The Balaban J connectivity index is 1.60. The van der Waals surface area contributed by atoms with Crippen LogP contribution in [0.4, 0.5) is 0 Å². The van der Waals surface area contributed by atoms with Gasteiger partial charge >= 0.3 is 0 Å². The van der Waals surface area contributed by atoms with Gasteiger partial charge in [-0.15, -0.1) is 0 Å². The molecule has 6 nitrogen and oxygen atoms in total. The quantitative estimate of drug-likeness (QED) is 0.746. The second kappa shape index (κ2) is 7.86. The Labute approximate surface area is 163 Å². The lowest BCUT2D eigenvalue weighted by Crippen LogP contribution is -2.48. The van der Waals surface area contributed by atoms with Gasteiger partial charge in [0.25, 0.3) is 0 Å². The molecule has 0 spiro atoms. The standard InChI is InChI=1S/C17H21Cl2N3O3S/c1-12-15(13(2)25-20-12)10-21-5-7-22(8-6-21)26(23,24)11-14-3-4-16(18)17(19)9-14/h3-4,9H,5-8,10-11H2,1-2H3. The first kappa shape index (κ1) is 19.6. The van der Waals surface area contributed by atoms with E-state index in [0.29, 0.717) is 41.8 Å². The molecule has 0 saturated carbocycles. The number of hydrogen-bond acceptors (Lipinski definition) is 5. The van der Waals surface area contributed by atoms with Crippen LogP contribution in [0.5, 0.6) is 0 Å². The molecule has 3 rings (SSSR count). The first-order valence-corrected chi connectivity index (χ1v) is 10.7. The molecule has 0 bridgehead atoms. The molecule has 1 aromatic heterocycles. The van der Waals surface area contributed by atoms with Crippen LogP contribution in [0.15, 0.2) is 22.7 Å². The lowest BCUT2D eigenvalue weighted by Gasteiger charge is -2.34. The minimum atomic E-state index is -3.39. The van der Waals surface area contributed by atoms with Crippen molar-refractivity contribution in [2.45, 2.75) is 26.1 Å². The minimum absolute atomic E-state index is 0.0756. The fourth-order valence-electron chi connectivity index (χ4n) is 3.05. The van der Waals surface area contributed by atoms with E-state index in [0.717, 1.165) is 23.6 Å². The van der Waals surface area contributed by atoms with Gasteiger partial charge in [0.1, 0.15) is 5.76 Å². The van der Waals surface area contributed by atoms with Crippen LogP contribution in [0.25, 0.3) is 0 Å². The van der Waals surface area contributed by atoms with Crippen LogP contribution in [0.3, 0.4) is 0 Å². The minimum Gasteiger partial charge on any atom is -0.361 e. The molecule has 2 heterocycles. The predicted molar refractivity (Wildman–Crippen MR) is 102 cm³/mol. The highest BCUT2D eigenvalue weighted by molar-refractivity contribution is 7.88. The van der Waals surface area contributed by atoms with Crippen LogP contribution in [-0.2, 0) is 22.3 Å². The third-order valence-corrected chi connectivity index (χ3v) is 7.21. The number of piperazine rings is 1. The average molecular weight is 418 g/mol. The summed E-state index contributed by atoms with van der Waals surface area (Å²) >= 11 is 11.9. The number of aromatic nitrogens is 1. The number of halogens is 2. The summed E-state index contributed by atoms with van der Waals surface area (Å²) in [6.07, 6.45) is 0. The number of rotatable bonds is 5. The van der Waals surface area contributed by atoms with Crippen LogP contribution in [0.1, 0.15) is 22.6 Å². The number of nitrogens with zero attached hydrogens (tertiary/aromatic N) is 3. The second-order valence-corrected chi connectivity index (χ2v) is 9.27. The summed E-state index contributed by atoms with van der Waals surface area (Å²) in [6.45, 7) is 6.81. The van der Waals surface area contributed by atoms with Gasteiger partial charge in [-0.3, -0.25) is 4.90 Å². The van der Waals surface area contributed by atoms with E-state index >= 15 is 0 Å².